The van der Waals surface area contributed by atoms with Gasteiger partial charge in [-0.25, -0.2) is 4.98 Å². The fourth-order valence-corrected chi connectivity index (χ4v) is 10.1. The number of H-pyrrole nitrogens is 1. The van der Waals surface area contributed by atoms with Crippen LogP contribution in [0.3, 0.4) is 0 Å². The van der Waals surface area contributed by atoms with Crippen LogP contribution in [-0.4, -0.2) is 93.1 Å². The van der Waals surface area contributed by atoms with Crippen LogP contribution in [0.15, 0.2) is 103 Å². The number of hydrogen-bond acceptors (Lipinski definition) is 6. The van der Waals surface area contributed by atoms with Crippen LogP contribution >= 0.6 is 0 Å². The number of nitrogens with one attached hydrogen (secondary N) is 2. The second-order valence-electron chi connectivity index (χ2n) is 18.0. The summed E-state index contributed by atoms with van der Waals surface area (Å²) in [5.41, 5.74) is 9.56. The molecule has 4 fully saturated rings. The van der Waals surface area contributed by atoms with Crippen LogP contribution in [0, 0.1) is 5.92 Å². The van der Waals surface area contributed by atoms with Gasteiger partial charge in [0.15, 0.2) is 0 Å². The van der Waals surface area contributed by atoms with E-state index in [0.717, 1.165) is 104 Å². The van der Waals surface area contributed by atoms with Crippen LogP contribution in [0.25, 0.3) is 22.4 Å². The van der Waals surface area contributed by atoms with Crippen molar-refractivity contribution in [3.8, 4) is 22.4 Å². The Kier molecular flexibility index (Phi) is 13.2. The Labute approximate surface area is 366 Å². The Morgan fingerprint density at radius 3 is 1.74 bits per heavy atom. The van der Waals surface area contributed by atoms with Gasteiger partial charge in [-0.1, -0.05) is 97.8 Å². The second kappa shape index (κ2) is 19.6. The highest BCUT2D eigenvalue weighted by molar-refractivity contribution is 5.94. The van der Waals surface area contributed by atoms with Gasteiger partial charge in [-0.15, -0.1) is 0 Å². The van der Waals surface area contributed by atoms with Crippen LogP contribution in [-0.2, 0) is 40.3 Å². The molecule has 5 heterocycles. The van der Waals surface area contributed by atoms with Crippen LogP contribution < -0.4 is 5.32 Å². The highest BCUT2D eigenvalue weighted by Crippen LogP contribution is 2.33. The third kappa shape index (κ3) is 10.0. The topological polar surface area (TPSA) is 105 Å². The van der Waals surface area contributed by atoms with E-state index >= 15 is 0 Å². The molecule has 9 rings (SSSR count). The predicted octanol–water partition coefficient (Wildman–Crippen LogP) is 8.65. The number of carbonyl (C=O) groups excluding carboxylic acids is 3. The number of amides is 3. The Morgan fingerprint density at radius 1 is 0.581 bits per heavy atom. The van der Waals surface area contributed by atoms with Crippen LogP contribution in [0.4, 0.5) is 5.69 Å². The summed E-state index contributed by atoms with van der Waals surface area (Å²) in [6, 6.07) is 33.1. The third-order valence-corrected chi connectivity index (χ3v) is 13.7. The molecular weight excluding hydrogens is 771 g/mol. The summed E-state index contributed by atoms with van der Waals surface area (Å²) in [7, 11) is 0. The normalized spacial score (nSPS) is 19.8. The average Bonchev–Trinajstić information content (AvgIpc) is 4.12. The number of aromatic amines is 1. The molecule has 0 spiro atoms. The van der Waals surface area contributed by atoms with Crippen molar-refractivity contribution in [3.05, 3.63) is 131 Å². The highest BCUT2D eigenvalue weighted by atomic mass is 16.2. The molecule has 0 radical (unpaired) electrons. The van der Waals surface area contributed by atoms with E-state index in [1.807, 2.05) is 46.3 Å². The molecule has 62 heavy (non-hydrogen) atoms. The van der Waals surface area contributed by atoms with Crippen molar-refractivity contribution in [2.24, 2.45) is 5.92 Å². The summed E-state index contributed by atoms with van der Waals surface area (Å²) in [6.45, 7) is 8.13. The lowest BCUT2D eigenvalue weighted by Crippen LogP contribution is -2.33. The summed E-state index contributed by atoms with van der Waals surface area (Å²) < 4.78 is 0. The predicted molar refractivity (Wildman–Crippen MR) is 245 cm³/mol. The SMILES string of the molecule is O=C(Nc1ccc(-c2ccc(-c3cnc([C@@H]4CCCN4C(=O)Cc4ccccc4CN4CCCCC4)[nH]3)cc2)cc1)[C@@H]1CCN(C(=O)Cc2ccccc2CN2CCCCC2)C1. The number of piperidine rings is 2. The van der Waals surface area contributed by atoms with E-state index in [1.54, 1.807) is 0 Å². The van der Waals surface area contributed by atoms with E-state index in [4.69, 9.17) is 4.98 Å². The quantitative estimate of drug-likeness (QED) is 0.123. The first-order chi connectivity index (χ1) is 30.4. The molecule has 4 aliphatic rings. The van der Waals surface area contributed by atoms with Crippen molar-refractivity contribution in [2.75, 3.05) is 51.1 Å². The lowest BCUT2D eigenvalue weighted by atomic mass is 10.0. The zero-order valence-electron chi connectivity index (χ0n) is 36.1. The summed E-state index contributed by atoms with van der Waals surface area (Å²) in [5, 5.41) is 3.10. The number of aromatic nitrogens is 2. The minimum atomic E-state index is -0.230. The molecule has 0 aliphatic carbocycles. The Hall–Kier alpha value is -5.58. The Morgan fingerprint density at radius 2 is 1.13 bits per heavy atom. The first kappa shape index (κ1) is 41.8. The molecule has 322 valence electrons. The molecule has 4 aliphatic heterocycles. The van der Waals surface area contributed by atoms with Crippen molar-refractivity contribution in [3.63, 3.8) is 0 Å². The maximum Gasteiger partial charge on any atom is 0.229 e. The maximum atomic E-state index is 13.8. The van der Waals surface area contributed by atoms with Crippen molar-refractivity contribution in [1.29, 1.82) is 0 Å². The van der Waals surface area contributed by atoms with Gasteiger partial charge in [0.1, 0.15) is 5.82 Å². The molecule has 4 saturated heterocycles. The smallest absolute Gasteiger partial charge is 0.229 e. The zero-order chi connectivity index (χ0) is 42.3. The standard InChI is InChI=1S/C52H61N7O3/c60-49(32-41-12-3-5-14-43(41)35-56-26-7-1-8-27-56)58-31-25-45(37-58)52(62)54-46-23-21-39(22-24-46)38-17-19-40(20-18-38)47-34-53-51(55-47)48-16-11-30-59(48)50(61)33-42-13-4-6-15-44(42)36-57-28-9-2-10-29-57/h3-6,12-15,17-24,34,45,48H,1-2,7-11,16,25-33,35-37H2,(H,53,55)(H,54,62)/t45-,48+/m1/s1. The number of likely N-dealkylation sites (tertiary alicyclic amines) is 4. The van der Waals surface area contributed by atoms with Gasteiger partial charge in [0.2, 0.25) is 17.7 Å². The van der Waals surface area contributed by atoms with Crippen LogP contribution in [0.5, 0.6) is 0 Å². The number of anilines is 1. The van der Waals surface area contributed by atoms with Crippen molar-refractivity contribution >= 4 is 23.4 Å². The van der Waals surface area contributed by atoms with E-state index in [-0.39, 0.29) is 29.7 Å². The first-order valence-electron chi connectivity index (χ1n) is 23.2. The largest absolute Gasteiger partial charge is 0.342 e. The minimum absolute atomic E-state index is 0.0412. The summed E-state index contributed by atoms with van der Waals surface area (Å²) in [4.78, 5) is 57.8. The van der Waals surface area contributed by atoms with E-state index in [2.05, 4.69) is 86.8 Å². The third-order valence-electron chi connectivity index (χ3n) is 13.7. The van der Waals surface area contributed by atoms with E-state index < -0.39 is 0 Å². The number of rotatable bonds is 13. The molecule has 0 unspecified atom stereocenters. The fraction of sp³-hybridized carbons (Fsp3) is 0.423. The molecular formula is C52H61N7O3. The number of imidazole rings is 1. The van der Waals surface area contributed by atoms with Crippen molar-refractivity contribution < 1.29 is 14.4 Å². The zero-order valence-corrected chi connectivity index (χ0v) is 36.1. The molecule has 0 saturated carbocycles. The Bertz CT molecular complexity index is 2310. The molecule has 0 bridgehead atoms. The number of nitrogens with zero attached hydrogens (tertiary/aromatic N) is 5. The van der Waals surface area contributed by atoms with Crippen LogP contribution in [0.1, 0.15) is 91.9 Å². The summed E-state index contributed by atoms with van der Waals surface area (Å²) in [5.74, 6) is 0.833. The molecule has 2 atom stereocenters. The lowest BCUT2D eigenvalue weighted by molar-refractivity contribution is -0.132. The van der Waals surface area contributed by atoms with E-state index in [1.165, 1.54) is 49.7 Å². The average molecular weight is 832 g/mol. The summed E-state index contributed by atoms with van der Waals surface area (Å²) in [6.07, 6.45) is 12.8. The van der Waals surface area contributed by atoms with Gasteiger partial charge in [0, 0.05) is 38.4 Å². The number of hydrogen-bond donors (Lipinski definition) is 2. The Balaban J connectivity index is 0.763. The monoisotopic (exact) mass is 831 g/mol. The van der Waals surface area contributed by atoms with Gasteiger partial charge in [0.05, 0.1) is 36.7 Å². The second-order valence-corrected chi connectivity index (χ2v) is 18.0. The van der Waals surface area contributed by atoms with E-state index in [9.17, 15) is 14.4 Å². The highest BCUT2D eigenvalue weighted by Gasteiger charge is 2.33. The molecule has 10 heteroatoms. The van der Waals surface area contributed by atoms with Gasteiger partial charge in [-0.2, -0.15) is 0 Å². The molecule has 2 N–H and O–H groups in total. The minimum Gasteiger partial charge on any atom is -0.342 e. The summed E-state index contributed by atoms with van der Waals surface area (Å²) >= 11 is 0. The first-order valence-corrected chi connectivity index (χ1v) is 23.2. The number of carbonyl (C=O) groups is 3. The molecule has 4 aromatic carbocycles. The fourth-order valence-electron chi connectivity index (χ4n) is 10.1. The van der Waals surface area contributed by atoms with Crippen molar-refractivity contribution in [1.82, 2.24) is 29.6 Å². The van der Waals surface area contributed by atoms with Crippen LogP contribution in [0.2, 0.25) is 0 Å². The van der Waals surface area contributed by atoms with Gasteiger partial charge < -0.3 is 20.1 Å². The van der Waals surface area contributed by atoms with Gasteiger partial charge in [0.25, 0.3) is 0 Å². The van der Waals surface area contributed by atoms with Crippen molar-refractivity contribution in [2.45, 2.75) is 89.8 Å². The van der Waals surface area contributed by atoms with Gasteiger partial charge in [-0.3, -0.25) is 24.2 Å². The molecule has 1 aromatic heterocycles. The van der Waals surface area contributed by atoms with E-state index in [0.29, 0.717) is 32.4 Å². The molecule has 5 aromatic rings. The molecule has 3 amide bonds. The van der Waals surface area contributed by atoms with Gasteiger partial charge in [-0.05, 0) is 122 Å². The number of benzene rings is 4. The lowest BCUT2D eigenvalue weighted by Gasteiger charge is -2.28. The van der Waals surface area contributed by atoms with Gasteiger partial charge >= 0.3 is 0 Å². The molecule has 10 nitrogen and oxygen atoms in total. The maximum absolute atomic E-state index is 13.8.